The molecule has 5 rings (SSSR count). The van der Waals surface area contributed by atoms with Crippen LogP contribution in [0.25, 0.3) is 11.1 Å². The van der Waals surface area contributed by atoms with E-state index in [-0.39, 0.29) is 24.8 Å². The van der Waals surface area contributed by atoms with Gasteiger partial charge >= 0.3 is 0 Å². The van der Waals surface area contributed by atoms with Crippen LogP contribution in [-0.2, 0) is 0 Å². The Bertz CT molecular complexity index is 1050. The minimum absolute atomic E-state index is 0.0574. The third-order valence-corrected chi connectivity index (χ3v) is 5.04. The zero-order chi connectivity index (χ0) is 18.0. The van der Waals surface area contributed by atoms with Crippen molar-refractivity contribution >= 4 is 22.7 Å². The second-order valence-electron chi connectivity index (χ2n) is 6.29. The van der Waals surface area contributed by atoms with Gasteiger partial charge in [-0.1, -0.05) is 0 Å². The molecule has 1 heterocycles. The number of hydrogen-bond donors (Lipinski definition) is 0. The quantitative estimate of drug-likeness (QED) is 0.829. The Morgan fingerprint density at radius 3 is 2.08 bits per heavy atom. The molecular formula is C20H14O6. The molecule has 26 heavy (non-hydrogen) atoms. The SMILES string of the molecule is COc1cc2c(cc1OC)C1=C(CC2=O)c2cc3c(cc2C1=O)OCO3. The van der Waals surface area contributed by atoms with Crippen molar-refractivity contribution in [2.45, 2.75) is 6.42 Å². The van der Waals surface area contributed by atoms with Crippen LogP contribution in [0.5, 0.6) is 23.0 Å². The Balaban J connectivity index is 1.76. The molecule has 0 aromatic heterocycles. The van der Waals surface area contributed by atoms with Crippen LogP contribution in [0.1, 0.15) is 38.3 Å². The number of Topliss-reactive ketones (excluding diaryl/α,β-unsaturated/α-hetero) is 2. The Labute approximate surface area is 148 Å². The van der Waals surface area contributed by atoms with Crippen LogP contribution in [0.3, 0.4) is 0 Å². The minimum Gasteiger partial charge on any atom is -0.493 e. The Kier molecular flexibility index (Phi) is 2.95. The fourth-order valence-corrected chi connectivity index (χ4v) is 3.83. The summed E-state index contributed by atoms with van der Waals surface area (Å²) in [5, 5.41) is 0. The molecule has 0 bridgehead atoms. The molecule has 1 aliphatic heterocycles. The van der Waals surface area contributed by atoms with E-state index in [1.165, 1.54) is 14.2 Å². The first-order valence-electron chi connectivity index (χ1n) is 8.14. The van der Waals surface area contributed by atoms with E-state index in [4.69, 9.17) is 18.9 Å². The highest BCUT2D eigenvalue weighted by molar-refractivity contribution is 6.43. The van der Waals surface area contributed by atoms with Gasteiger partial charge in [0.15, 0.2) is 34.6 Å². The van der Waals surface area contributed by atoms with Crippen molar-refractivity contribution in [3.8, 4) is 23.0 Å². The van der Waals surface area contributed by atoms with E-state index in [1.807, 2.05) is 0 Å². The normalized spacial score (nSPS) is 16.4. The van der Waals surface area contributed by atoms with E-state index < -0.39 is 0 Å². The van der Waals surface area contributed by atoms with E-state index in [1.54, 1.807) is 24.3 Å². The van der Waals surface area contributed by atoms with Crippen molar-refractivity contribution in [2.75, 3.05) is 21.0 Å². The molecule has 0 saturated carbocycles. The van der Waals surface area contributed by atoms with Crippen LogP contribution in [0, 0.1) is 0 Å². The summed E-state index contributed by atoms with van der Waals surface area (Å²) in [5.74, 6) is 1.91. The molecule has 2 aliphatic carbocycles. The number of benzene rings is 2. The monoisotopic (exact) mass is 350 g/mol. The number of allylic oxidation sites excluding steroid dienone is 2. The lowest BCUT2D eigenvalue weighted by molar-refractivity contribution is 0.0996. The van der Waals surface area contributed by atoms with Crippen molar-refractivity contribution in [1.82, 2.24) is 0 Å². The number of ketones is 2. The first-order valence-corrected chi connectivity index (χ1v) is 8.14. The first kappa shape index (κ1) is 15.0. The molecule has 3 aliphatic rings. The van der Waals surface area contributed by atoms with Crippen molar-refractivity contribution < 1.29 is 28.5 Å². The van der Waals surface area contributed by atoms with E-state index in [0.29, 0.717) is 45.3 Å². The van der Waals surface area contributed by atoms with E-state index >= 15 is 0 Å². The summed E-state index contributed by atoms with van der Waals surface area (Å²) >= 11 is 0. The molecule has 6 nitrogen and oxygen atoms in total. The van der Waals surface area contributed by atoms with Crippen molar-refractivity contribution in [1.29, 1.82) is 0 Å². The number of carbonyl (C=O) groups is 2. The van der Waals surface area contributed by atoms with Crippen LogP contribution in [0.15, 0.2) is 24.3 Å². The van der Waals surface area contributed by atoms with E-state index in [0.717, 1.165) is 11.1 Å². The van der Waals surface area contributed by atoms with Gasteiger partial charge < -0.3 is 18.9 Å². The number of ether oxygens (including phenoxy) is 4. The van der Waals surface area contributed by atoms with Crippen molar-refractivity contribution in [2.24, 2.45) is 0 Å². The lowest BCUT2D eigenvalue weighted by Crippen LogP contribution is -2.13. The van der Waals surface area contributed by atoms with Gasteiger partial charge in [0.05, 0.1) is 14.2 Å². The maximum atomic E-state index is 13.1. The lowest BCUT2D eigenvalue weighted by Gasteiger charge is -2.20. The summed E-state index contributed by atoms with van der Waals surface area (Å²) in [5.41, 5.74) is 3.60. The zero-order valence-corrected chi connectivity index (χ0v) is 14.2. The molecule has 0 unspecified atom stereocenters. The number of fused-ring (bicyclic) bond motifs is 5. The third kappa shape index (κ3) is 1.81. The van der Waals surface area contributed by atoms with Crippen molar-refractivity contribution in [3.63, 3.8) is 0 Å². The standard InChI is InChI=1S/C20H14O6/c1-23-15-5-10-12(6-16(15)24-2)19-11(3-14(10)21)9-4-17-18(26-8-25-17)7-13(9)20(19)22/h4-7H,3,8H2,1-2H3. The molecule has 0 amide bonds. The average Bonchev–Trinajstić information content (AvgIpc) is 3.22. The third-order valence-electron chi connectivity index (χ3n) is 5.04. The van der Waals surface area contributed by atoms with Crippen LogP contribution < -0.4 is 18.9 Å². The fourth-order valence-electron chi connectivity index (χ4n) is 3.83. The highest BCUT2D eigenvalue weighted by Crippen LogP contribution is 2.50. The van der Waals surface area contributed by atoms with Gasteiger partial charge in [0.1, 0.15) is 0 Å². The average molecular weight is 350 g/mol. The summed E-state index contributed by atoms with van der Waals surface area (Å²) in [6.45, 7) is 0.136. The molecule has 2 aromatic carbocycles. The maximum Gasteiger partial charge on any atom is 0.231 e. The molecule has 0 N–H and O–H groups in total. The number of methoxy groups -OCH3 is 2. The smallest absolute Gasteiger partial charge is 0.231 e. The Morgan fingerprint density at radius 1 is 0.808 bits per heavy atom. The van der Waals surface area contributed by atoms with Gasteiger partial charge in [-0.05, 0) is 35.4 Å². The highest BCUT2D eigenvalue weighted by atomic mass is 16.7. The summed E-state index contributed by atoms with van der Waals surface area (Å²) in [6, 6.07) is 6.83. The lowest BCUT2D eigenvalue weighted by atomic mass is 9.84. The van der Waals surface area contributed by atoms with Crippen molar-refractivity contribution in [3.05, 3.63) is 46.5 Å². The van der Waals surface area contributed by atoms with Gasteiger partial charge in [-0.15, -0.1) is 0 Å². The van der Waals surface area contributed by atoms with E-state index in [2.05, 4.69) is 0 Å². The van der Waals surface area contributed by atoms with Gasteiger partial charge in [-0.3, -0.25) is 9.59 Å². The molecule has 0 atom stereocenters. The Hall–Kier alpha value is -3.28. The van der Waals surface area contributed by atoms with Gasteiger partial charge in [0.2, 0.25) is 6.79 Å². The molecule has 0 fully saturated rings. The topological polar surface area (TPSA) is 71.1 Å². The fraction of sp³-hybridized carbons (Fsp3) is 0.200. The number of carbonyl (C=O) groups excluding carboxylic acids is 2. The zero-order valence-electron chi connectivity index (χ0n) is 14.2. The first-order chi connectivity index (χ1) is 12.6. The number of rotatable bonds is 2. The van der Waals surface area contributed by atoms with Gasteiger partial charge in [0, 0.05) is 28.7 Å². The van der Waals surface area contributed by atoms with E-state index in [9.17, 15) is 9.59 Å². The van der Waals surface area contributed by atoms with Crippen LogP contribution in [-0.4, -0.2) is 32.6 Å². The van der Waals surface area contributed by atoms with Crippen LogP contribution in [0.2, 0.25) is 0 Å². The van der Waals surface area contributed by atoms with Crippen LogP contribution >= 0.6 is 0 Å². The summed E-state index contributed by atoms with van der Waals surface area (Å²) < 4.78 is 21.5. The van der Waals surface area contributed by atoms with Gasteiger partial charge in [-0.2, -0.15) is 0 Å². The predicted molar refractivity (Wildman–Crippen MR) is 92.2 cm³/mol. The predicted octanol–water partition coefficient (Wildman–Crippen LogP) is 3.13. The molecular weight excluding hydrogens is 336 g/mol. The molecule has 2 aromatic rings. The molecule has 0 radical (unpaired) electrons. The summed E-state index contributed by atoms with van der Waals surface area (Å²) in [4.78, 5) is 25.9. The largest absolute Gasteiger partial charge is 0.493 e. The number of hydrogen-bond acceptors (Lipinski definition) is 6. The molecule has 130 valence electrons. The summed E-state index contributed by atoms with van der Waals surface area (Å²) in [7, 11) is 3.04. The molecule has 0 spiro atoms. The summed E-state index contributed by atoms with van der Waals surface area (Å²) in [6.07, 6.45) is 0.163. The molecule has 6 heteroatoms. The van der Waals surface area contributed by atoms with Gasteiger partial charge in [0.25, 0.3) is 0 Å². The second kappa shape index (κ2) is 5.11. The minimum atomic E-state index is -0.116. The molecule has 0 saturated heterocycles. The maximum absolute atomic E-state index is 13.1. The Morgan fingerprint density at radius 2 is 1.42 bits per heavy atom. The van der Waals surface area contributed by atoms with Gasteiger partial charge in [-0.25, -0.2) is 0 Å². The van der Waals surface area contributed by atoms with Crippen LogP contribution in [0.4, 0.5) is 0 Å². The second-order valence-corrected chi connectivity index (χ2v) is 6.29. The highest BCUT2D eigenvalue weighted by Gasteiger charge is 2.39.